The highest BCUT2D eigenvalue weighted by atomic mass is 16.7. The molecule has 142 valence electrons. The molecule has 1 aliphatic rings. The highest BCUT2D eigenvalue weighted by Gasteiger charge is 2.58. The SMILES string of the molecule is COC(=O)[C@]1(O)O[C@H](COC(=O)/C=C/c2ccccc2)[C@@H](O)[C@H](O)[C@H]1O. The fraction of sp³-hybridized carbons (Fsp3) is 0.412. The fourth-order valence-electron chi connectivity index (χ4n) is 2.40. The number of ether oxygens (including phenoxy) is 3. The van der Waals surface area contributed by atoms with Gasteiger partial charge in [0.25, 0.3) is 5.79 Å². The van der Waals surface area contributed by atoms with E-state index in [9.17, 15) is 30.0 Å². The van der Waals surface area contributed by atoms with Gasteiger partial charge in [-0.2, -0.15) is 0 Å². The summed E-state index contributed by atoms with van der Waals surface area (Å²) in [6.45, 7) is -0.581. The summed E-state index contributed by atoms with van der Waals surface area (Å²) in [4.78, 5) is 23.4. The van der Waals surface area contributed by atoms with Crippen LogP contribution in [-0.4, -0.2) is 76.3 Å². The first-order valence-corrected chi connectivity index (χ1v) is 7.72. The molecule has 26 heavy (non-hydrogen) atoms. The second-order valence-corrected chi connectivity index (χ2v) is 5.64. The highest BCUT2D eigenvalue weighted by molar-refractivity contribution is 5.87. The van der Waals surface area contributed by atoms with Gasteiger partial charge in [0.05, 0.1) is 7.11 Å². The van der Waals surface area contributed by atoms with Crippen LogP contribution < -0.4 is 0 Å². The summed E-state index contributed by atoms with van der Waals surface area (Å²) >= 11 is 0. The van der Waals surface area contributed by atoms with Crippen LogP contribution >= 0.6 is 0 Å². The van der Waals surface area contributed by atoms with E-state index in [0.717, 1.165) is 18.7 Å². The summed E-state index contributed by atoms with van der Waals surface area (Å²) in [5.41, 5.74) is 0.761. The lowest BCUT2D eigenvalue weighted by Gasteiger charge is -2.43. The zero-order valence-corrected chi connectivity index (χ0v) is 13.9. The number of aliphatic hydroxyl groups excluding tert-OH is 3. The molecular formula is C17H20O9. The molecule has 0 aromatic heterocycles. The minimum absolute atomic E-state index is 0.581. The fourth-order valence-corrected chi connectivity index (χ4v) is 2.40. The first-order valence-electron chi connectivity index (χ1n) is 7.72. The summed E-state index contributed by atoms with van der Waals surface area (Å²) in [5, 5.41) is 39.6. The Labute approximate surface area is 149 Å². The van der Waals surface area contributed by atoms with Crippen molar-refractivity contribution in [2.45, 2.75) is 30.2 Å². The van der Waals surface area contributed by atoms with Crippen LogP contribution in [0.25, 0.3) is 6.08 Å². The van der Waals surface area contributed by atoms with E-state index >= 15 is 0 Å². The molecule has 0 bridgehead atoms. The van der Waals surface area contributed by atoms with E-state index in [2.05, 4.69) is 4.74 Å². The predicted octanol–water partition coefficient (Wildman–Crippen LogP) is -1.41. The maximum absolute atomic E-state index is 11.8. The van der Waals surface area contributed by atoms with E-state index < -0.39 is 48.7 Å². The Kier molecular flexibility index (Phi) is 6.46. The van der Waals surface area contributed by atoms with Crippen LogP contribution in [0.1, 0.15) is 5.56 Å². The van der Waals surface area contributed by atoms with Crippen molar-refractivity contribution in [1.82, 2.24) is 0 Å². The molecule has 1 saturated heterocycles. The quantitative estimate of drug-likeness (QED) is 0.364. The standard InChI is InChI=1S/C17H20O9/c1-24-16(22)17(23)15(21)14(20)13(19)11(26-17)9-25-12(18)8-7-10-5-3-2-4-6-10/h2-8,11,13-15,19-21,23H,9H2,1H3/b8-7+/t11-,13-,14+,15-,17-/m1/s1. The van der Waals surface area contributed by atoms with E-state index in [-0.39, 0.29) is 0 Å². The van der Waals surface area contributed by atoms with Crippen molar-refractivity contribution in [1.29, 1.82) is 0 Å². The van der Waals surface area contributed by atoms with Crippen LogP contribution in [0.3, 0.4) is 0 Å². The second-order valence-electron chi connectivity index (χ2n) is 5.64. The Hall–Kier alpha value is -2.30. The molecule has 1 aliphatic heterocycles. The smallest absolute Gasteiger partial charge is 0.369 e. The molecule has 9 heteroatoms. The van der Waals surface area contributed by atoms with Crippen LogP contribution in [0.5, 0.6) is 0 Å². The molecule has 1 aromatic carbocycles. The summed E-state index contributed by atoms with van der Waals surface area (Å²) < 4.78 is 14.2. The van der Waals surface area contributed by atoms with E-state index in [0.29, 0.717) is 0 Å². The van der Waals surface area contributed by atoms with Crippen LogP contribution in [-0.2, 0) is 23.8 Å². The maximum Gasteiger partial charge on any atom is 0.369 e. The normalized spacial score (nSPS) is 31.6. The number of hydrogen-bond acceptors (Lipinski definition) is 9. The zero-order chi connectivity index (χ0) is 19.3. The average Bonchev–Trinajstić information content (AvgIpc) is 2.66. The second kappa shape index (κ2) is 8.39. The van der Waals surface area contributed by atoms with Gasteiger partial charge in [0, 0.05) is 6.08 Å². The molecule has 0 amide bonds. The topological polar surface area (TPSA) is 143 Å². The van der Waals surface area contributed by atoms with E-state index in [1.165, 1.54) is 6.08 Å². The first-order chi connectivity index (χ1) is 12.3. The molecular weight excluding hydrogens is 348 g/mol. The van der Waals surface area contributed by atoms with Crippen molar-refractivity contribution in [3.63, 3.8) is 0 Å². The van der Waals surface area contributed by atoms with Gasteiger partial charge >= 0.3 is 11.9 Å². The Balaban J connectivity index is 2.00. The number of methoxy groups -OCH3 is 1. The lowest BCUT2D eigenvalue weighted by Crippen LogP contribution is -2.68. The number of esters is 2. The zero-order valence-electron chi connectivity index (χ0n) is 13.9. The minimum atomic E-state index is -2.90. The van der Waals surface area contributed by atoms with Crippen LogP contribution in [0.4, 0.5) is 0 Å². The van der Waals surface area contributed by atoms with Crippen LogP contribution in [0.2, 0.25) is 0 Å². The molecule has 9 nitrogen and oxygen atoms in total. The highest BCUT2D eigenvalue weighted by Crippen LogP contribution is 2.29. The molecule has 0 radical (unpaired) electrons. The van der Waals surface area contributed by atoms with Gasteiger partial charge in [0.15, 0.2) is 0 Å². The Morgan fingerprint density at radius 2 is 1.85 bits per heavy atom. The molecule has 5 atom stereocenters. The van der Waals surface area contributed by atoms with Gasteiger partial charge < -0.3 is 34.6 Å². The van der Waals surface area contributed by atoms with Crippen molar-refractivity contribution >= 4 is 18.0 Å². The predicted molar refractivity (Wildman–Crippen MR) is 86.3 cm³/mol. The Morgan fingerprint density at radius 3 is 2.46 bits per heavy atom. The van der Waals surface area contributed by atoms with Crippen LogP contribution in [0, 0.1) is 0 Å². The largest absolute Gasteiger partial charge is 0.465 e. The summed E-state index contributed by atoms with van der Waals surface area (Å²) in [7, 11) is 0.942. The maximum atomic E-state index is 11.8. The van der Waals surface area contributed by atoms with Gasteiger partial charge in [0.1, 0.15) is 31.0 Å². The van der Waals surface area contributed by atoms with Gasteiger partial charge in [-0.05, 0) is 11.6 Å². The number of carbonyl (C=O) groups is 2. The summed E-state index contributed by atoms with van der Waals surface area (Å²) in [6.07, 6.45) is -4.59. The first kappa shape index (κ1) is 20.0. The third kappa shape index (κ3) is 4.26. The van der Waals surface area contributed by atoms with Gasteiger partial charge in [-0.25, -0.2) is 9.59 Å². The molecule has 1 aromatic rings. The van der Waals surface area contributed by atoms with Crippen LogP contribution in [0.15, 0.2) is 36.4 Å². The molecule has 1 fully saturated rings. The van der Waals surface area contributed by atoms with Gasteiger partial charge in [-0.1, -0.05) is 30.3 Å². The number of rotatable bonds is 5. The lowest BCUT2D eigenvalue weighted by molar-refractivity contribution is -0.338. The average molecular weight is 368 g/mol. The molecule has 0 saturated carbocycles. The molecule has 2 rings (SSSR count). The van der Waals surface area contributed by atoms with Gasteiger partial charge in [-0.15, -0.1) is 0 Å². The summed E-state index contributed by atoms with van der Waals surface area (Å²) in [5.74, 6) is -5.03. The number of benzene rings is 1. The van der Waals surface area contributed by atoms with E-state index in [1.54, 1.807) is 24.3 Å². The van der Waals surface area contributed by atoms with E-state index in [4.69, 9.17) is 9.47 Å². The molecule has 0 spiro atoms. The lowest BCUT2D eigenvalue weighted by atomic mass is 9.92. The van der Waals surface area contributed by atoms with Crippen molar-refractivity contribution in [3.05, 3.63) is 42.0 Å². The van der Waals surface area contributed by atoms with Crippen molar-refractivity contribution < 1.29 is 44.2 Å². The van der Waals surface area contributed by atoms with Crippen molar-refractivity contribution in [3.8, 4) is 0 Å². The van der Waals surface area contributed by atoms with Gasteiger partial charge in [0.2, 0.25) is 0 Å². The number of aliphatic hydroxyl groups is 4. The molecule has 0 aliphatic carbocycles. The Bertz CT molecular complexity index is 659. The van der Waals surface area contributed by atoms with E-state index in [1.807, 2.05) is 6.07 Å². The van der Waals surface area contributed by atoms with Crippen molar-refractivity contribution in [2.24, 2.45) is 0 Å². The third-order valence-corrected chi connectivity index (χ3v) is 3.87. The number of carbonyl (C=O) groups excluding carboxylic acids is 2. The number of hydrogen-bond donors (Lipinski definition) is 4. The molecule has 1 heterocycles. The molecule has 4 N–H and O–H groups in total. The minimum Gasteiger partial charge on any atom is -0.465 e. The monoisotopic (exact) mass is 368 g/mol. The third-order valence-electron chi connectivity index (χ3n) is 3.87. The Morgan fingerprint density at radius 1 is 1.19 bits per heavy atom. The van der Waals surface area contributed by atoms with Crippen molar-refractivity contribution in [2.75, 3.05) is 13.7 Å². The molecule has 0 unspecified atom stereocenters. The van der Waals surface area contributed by atoms with Gasteiger partial charge in [-0.3, -0.25) is 0 Å². The summed E-state index contributed by atoms with van der Waals surface area (Å²) in [6, 6.07) is 8.94.